The molecule has 0 aromatic heterocycles. The molecule has 29 heavy (non-hydrogen) atoms. The molecule has 0 unspecified atom stereocenters. The molecule has 2 aromatic rings. The highest BCUT2D eigenvalue weighted by Crippen LogP contribution is 2.31. The molecule has 152 valence electrons. The van der Waals surface area contributed by atoms with Gasteiger partial charge >= 0.3 is 5.97 Å². The van der Waals surface area contributed by atoms with Crippen molar-refractivity contribution in [2.45, 2.75) is 11.8 Å². The van der Waals surface area contributed by atoms with Crippen molar-refractivity contribution in [3.8, 4) is 11.5 Å². The molecule has 6 nitrogen and oxygen atoms in total. The third-order valence-corrected chi connectivity index (χ3v) is 5.05. The molecule has 3 rings (SSSR count). The highest BCUT2D eigenvalue weighted by Gasteiger charge is 2.11. The van der Waals surface area contributed by atoms with Crippen molar-refractivity contribution in [3.63, 3.8) is 0 Å². The summed E-state index contributed by atoms with van der Waals surface area (Å²) in [4.78, 5) is 24.7. The van der Waals surface area contributed by atoms with E-state index in [1.54, 1.807) is 30.0 Å². The quantitative estimate of drug-likeness (QED) is 0.310. The highest BCUT2D eigenvalue weighted by molar-refractivity contribution is 7.99. The zero-order chi connectivity index (χ0) is 20.5. The Morgan fingerprint density at radius 2 is 1.86 bits per heavy atom. The molecule has 1 heterocycles. The van der Waals surface area contributed by atoms with Crippen LogP contribution >= 0.6 is 11.8 Å². The molecule has 1 aliphatic heterocycles. The fourth-order valence-corrected chi connectivity index (χ4v) is 3.33. The first kappa shape index (κ1) is 20.8. The van der Waals surface area contributed by atoms with Gasteiger partial charge in [-0.05, 0) is 42.8 Å². The minimum absolute atomic E-state index is 0.306. The van der Waals surface area contributed by atoms with Crippen LogP contribution in [0, 0.1) is 6.92 Å². The summed E-state index contributed by atoms with van der Waals surface area (Å²) in [5.41, 5.74) is 2.00. The molecule has 0 fully saturated rings. The summed E-state index contributed by atoms with van der Waals surface area (Å²) in [5.74, 6) is 1.18. The van der Waals surface area contributed by atoms with Gasteiger partial charge in [0.15, 0.2) is 18.1 Å². The van der Waals surface area contributed by atoms with Crippen molar-refractivity contribution in [1.29, 1.82) is 0 Å². The van der Waals surface area contributed by atoms with Gasteiger partial charge in [-0.25, -0.2) is 4.79 Å². The van der Waals surface area contributed by atoms with Gasteiger partial charge in [-0.15, -0.1) is 11.8 Å². The van der Waals surface area contributed by atoms with Gasteiger partial charge in [0.1, 0.15) is 13.2 Å². The van der Waals surface area contributed by atoms with E-state index in [2.05, 4.69) is 29.6 Å². The number of ether oxygens (including phenoxy) is 3. The molecule has 1 N–H and O–H groups in total. The van der Waals surface area contributed by atoms with Crippen LogP contribution in [0.25, 0.3) is 6.08 Å². The van der Waals surface area contributed by atoms with Gasteiger partial charge in [-0.3, -0.25) is 4.79 Å². The average molecular weight is 413 g/mol. The minimum atomic E-state index is -0.580. The Balaban J connectivity index is 1.33. The first-order valence-corrected chi connectivity index (χ1v) is 10.3. The van der Waals surface area contributed by atoms with Gasteiger partial charge in [0, 0.05) is 23.3 Å². The zero-order valence-electron chi connectivity index (χ0n) is 16.2. The van der Waals surface area contributed by atoms with Crippen molar-refractivity contribution in [2.75, 3.05) is 32.1 Å². The molecule has 0 radical (unpaired) electrons. The summed E-state index contributed by atoms with van der Waals surface area (Å²) in [6, 6.07) is 13.6. The van der Waals surface area contributed by atoms with Crippen LogP contribution in [0.3, 0.4) is 0 Å². The lowest BCUT2D eigenvalue weighted by Crippen LogP contribution is -2.30. The van der Waals surface area contributed by atoms with E-state index < -0.39 is 5.97 Å². The van der Waals surface area contributed by atoms with E-state index in [-0.39, 0.29) is 12.5 Å². The maximum Gasteiger partial charge on any atom is 0.331 e. The Morgan fingerprint density at radius 1 is 1.10 bits per heavy atom. The largest absolute Gasteiger partial charge is 0.486 e. The maximum absolute atomic E-state index is 11.8. The van der Waals surface area contributed by atoms with E-state index in [1.807, 2.05) is 13.0 Å². The molecular weight excluding hydrogens is 390 g/mol. The number of nitrogens with one attached hydrogen (secondary N) is 1. The van der Waals surface area contributed by atoms with Crippen molar-refractivity contribution in [2.24, 2.45) is 0 Å². The molecule has 1 aliphatic rings. The predicted octanol–water partition coefficient (Wildman–Crippen LogP) is 3.23. The number of amides is 1. The normalized spacial score (nSPS) is 12.6. The number of aryl methyl sites for hydroxylation is 1. The van der Waals surface area contributed by atoms with E-state index in [1.165, 1.54) is 11.6 Å². The molecule has 0 saturated heterocycles. The Bertz CT molecular complexity index is 879. The minimum Gasteiger partial charge on any atom is -0.486 e. The second-order valence-corrected chi connectivity index (χ2v) is 7.52. The SMILES string of the molecule is Cc1ccc(SCCNC(=O)COC(=O)/C=C/c2ccc3c(c2)OCCO3)cc1. The van der Waals surface area contributed by atoms with Gasteiger partial charge < -0.3 is 19.5 Å². The summed E-state index contributed by atoms with van der Waals surface area (Å²) in [5, 5.41) is 2.74. The second-order valence-electron chi connectivity index (χ2n) is 6.36. The van der Waals surface area contributed by atoms with Crippen molar-refractivity contribution in [3.05, 3.63) is 59.7 Å². The summed E-state index contributed by atoms with van der Waals surface area (Å²) < 4.78 is 15.9. The Morgan fingerprint density at radius 3 is 2.66 bits per heavy atom. The number of thioether (sulfide) groups is 1. The van der Waals surface area contributed by atoms with Gasteiger partial charge in [0.05, 0.1) is 0 Å². The van der Waals surface area contributed by atoms with Crippen LogP contribution in [0.2, 0.25) is 0 Å². The maximum atomic E-state index is 11.8. The first-order valence-electron chi connectivity index (χ1n) is 9.31. The molecule has 0 bridgehead atoms. The topological polar surface area (TPSA) is 73.9 Å². The third kappa shape index (κ3) is 6.87. The lowest BCUT2D eigenvalue weighted by atomic mass is 10.2. The fraction of sp³-hybridized carbons (Fsp3) is 0.273. The lowest BCUT2D eigenvalue weighted by molar-refractivity contribution is -0.143. The van der Waals surface area contributed by atoms with Crippen LogP contribution in [-0.2, 0) is 14.3 Å². The number of esters is 1. The fourth-order valence-electron chi connectivity index (χ4n) is 2.56. The monoisotopic (exact) mass is 413 g/mol. The van der Waals surface area contributed by atoms with Crippen LogP contribution in [0.1, 0.15) is 11.1 Å². The second kappa shape index (κ2) is 10.6. The van der Waals surface area contributed by atoms with Crippen LogP contribution in [0.15, 0.2) is 53.4 Å². The van der Waals surface area contributed by atoms with E-state index in [0.29, 0.717) is 31.3 Å². The average Bonchev–Trinajstić information content (AvgIpc) is 2.75. The molecule has 0 spiro atoms. The van der Waals surface area contributed by atoms with Crippen LogP contribution in [0.4, 0.5) is 0 Å². The number of hydrogen-bond acceptors (Lipinski definition) is 6. The van der Waals surface area contributed by atoms with Crippen molar-refractivity contribution >= 4 is 29.7 Å². The number of benzene rings is 2. The molecule has 0 saturated carbocycles. The van der Waals surface area contributed by atoms with Crippen LogP contribution < -0.4 is 14.8 Å². The van der Waals surface area contributed by atoms with Crippen LogP contribution in [-0.4, -0.2) is 44.0 Å². The standard InChI is InChI=1S/C22H23NO5S/c1-16-2-6-18(7-3-16)29-13-10-23-21(24)15-28-22(25)9-5-17-4-8-19-20(14-17)27-12-11-26-19/h2-9,14H,10-13,15H2,1H3,(H,23,24)/b9-5+. The summed E-state index contributed by atoms with van der Waals surface area (Å²) in [6.07, 6.45) is 2.89. The molecule has 0 aliphatic carbocycles. The van der Waals surface area contributed by atoms with Crippen molar-refractivity contribution < 1.29 is 23.8 Å². The van der Waals surface area contributed by atoms with E-state index in [4.69, 9.17) is 14.2 Å². The number of carbonyl (C=O) groups excluding carboxylic acids is 2. The molecular formula is C22H23NO5S. The number of carbonyl (C=O) groups is 2. The summed E-state index contributed by atoms with van der Waals surface area (Å²) in [6.45, 7) is 3.27. The van der Waals surface area contributed by atoms with Crippen LogP contribution in [0.5, 0.6) is 11.5 Å². The summed E-state index contributed by atoms with van der Waals surface area (Å²) >= 11 is 1.66. The molecule has 7 heteroatoms. The number of hydrogen-bond donors (Lipinski definition) is 1. The number of fused-ring (bicyclic) bond motifs is 1. The van der Waals surface area contributed by atoms with Gasteiger partial charge in [-0.1, -0.05) is 23.8 Å². The smallest absolute Gasteiger partial charge is 0.331 e. The zero-order valence-corrected chi connectivity index (χ0v) is 17.0. The Hall–Kier alpha value is -2.93. The van der Waals surface area contributed by atoms with Crippen molar-refractivity contribution in [1.82, 2.24) is 5.32 Å². The number of rotatable bonds is 8. The van der Waals surface area contributed by atoms with Gasteiger partial charge in [0.25, 0.3) is 5.91 Å². The van der Waals surface area contributed by atoms with E-state index >= 15 is 0 Å². The first-order chi connectivity index (χ1) is 14.1. The predicted molar refractivity (Wildman–Crippen MR) is 112 cm³/mol. The Labute approximate surface area is 174 Å². The lowest BCUT2D eigenvalue weighted by Gasteiger charge is -2.18. The highest BCUT2D eigenvalue weighted by atomic mass is 32.2. The van der Waals surface area contributed by atoms with E-state index in [9.17, 15) is 9.59 Å². The third-order valence-electron chi connectivity index (χ3n) is 4.04. The molecule has 0 atom stereocenters. The van der Waals surface area contributed by atoms with E-state index in [0.717, 1.165) is 16.2 Å². The molecule has 2 aromatic carbocycles. The molecule has 1 amide bonds. The van der Waals surface area contributed by atoms with Gasteiger partial charge in [-0.2, -0.15) is 0 Å². The summed E-state index contributed by atoms with van der Waals surface area (Å²) in [7, 11) is 0. The Kier molecular flexibility index (Phi) is 7.58. The van der Waals surface area contributed by atoms with Gasteiger partial charge in [0.2, 0.25) is 0 Å².